The van der Waals surface area contributed by atoms with Gasteiger partial charge in [0.05, 0.1) is 18.1 Å². The Morgan fingerprint density at radius 3 is 2.62 bits per heavy atom. The number of ether oxygens (including phenoxy) is 1. The summed E-state index contributed by atoms with van der Waals surface area (Å²) >= 11 is 0. The fourth-order valence-corrected chi connectivity index (χ4v) is 3.86. The van der Waals surface area contributed by atoms with Crippen LogP contribution in [0.3, 0.4) is 0 Å². The number of benzene rings is 1. The molecule has 0 bridgehead atoms. The van der Waals surface area contributed by atoms with Crippen molar-refractivity contribution in [1.82, 2.24) is 15.5 Å². The lowest BCUT2D eigenvalue weighted by atomic mass is 9.97. The summed E-state index contributed by atoms with van der Waals surface area (Å²) in [5.41, 5.74) is 1.99. The maximum atomic E-state index is 14.2. The second kappa shape index (κ2) is 10.2. The fourth-order valence-electron chi connectivity index (χ4n) is 3.86. The van der Waals surface area contributed by atoms with Crippen LogP contribution in [0.15, 0.2) is 34.6 Å². The van der Waals surface area contributed by atoms with Gasteiger partial charge in [-0.05, 0) is 65.0 Å². The van der Waals surface area contributed by atoms with Gasteiger partial charge in [-0.1, -0.05) is 12.1 Å². The number of carbonyl (C=O) groups is 1. The van der Waals surface area contributed by atoms with E-state index in [-0.39, 0.29) is 11.9 Å². The second-order valence-electron chi connectivity index (χ2n) is 9.58. The largest absolute Gasteiger partial charge is 0.444 e. The molecule has 1 aromatic rings. The molecule has 3 N–H and O–H groups in total. The van der Waals surface area contributed by atoms with Crippen LogP contribution < -0.4 is 16.0 Å². The molecule has 2 aliphatic rings. The Hall–Kier alpha value is -2.77. The van der Waals surface area contributed by atoms with E-state index in [1.165, 1.54) is 6.07 Å². The Labute approximate surface area is 190 Å². The van der Waals surface area contributed by atoms with Gasteiger partial charge in [0.1, 0.15) is 17.2 Å². The van der Waals surface area contributed by atoms with Crippen molar-refractivity contribution < 1.29 is 13.9 Å². The molecule has 0 atom stereocenters. The molecule has 3 rings (SSSR count). The molecule has 0 aromatic heterocycles. The van der Waals surface area contributed by atoms with Crippen molar-refractivity contribution in [3.63, 3.8) is 0 Å². The maximum Gasteiger partial charge on any atom is 0.410 e. The van der Waals surface area contributed by atoms with Crippen molar-refractivity contribution in [2.45, 2.75) is 53.1 Å². The Balaban J connectivity index is 1.54. The van der Waals surface area contributed by atoms with Gasteiger partial charge in [-0.25, -0.2) is 9.18 Å². The number of hydrogen-bond acceptors (Lipinski definition) is 6. The summed E-state index contributed by atoms with van der Waals surface area (Å²) in [7, 11) is 0. The van der Waals surface area contributed by atoms with E-state index in [9.17, 15) is 9.18 Å². The Morgan fingerprint density at radius 1 is 1.25 bits per heavy atom. The van der Waals surface area contributed by atoms with Crippen molar-refractivity contribution in [3.8, 4) is 0 Å². The molecular formula is C24H36FN5O2. The zero-order valence-electron chi connectivity index (χ0n) is 19.8. The first-order chi connectivity index (χ1) is 15.1. The van der Waals surface area contributed by atoms with Crippen molar-refractivity contribution in [2.24, 2.45) is 10.9 Å². The van der Waals surface area contributed by atoms with Crippen molar-refractivity contribution in [1.29, 1.82) is 0 Å². The highest BCUT2D eigenvalue weighted by Crippen LogP contribution is 2.21. The van der Waals surface area contributed by atoms with Gasteiger partial charge in [0, 0.05) is 31.8 Å². The molecular weight excluding hydrogens is 409 g/mol. The van der Waals surface area contributed by atoms with Crippen molar-refractivity contribution >= 4 is 17.6 Å². The van der Waals surface area contributed by atoms with E-state index >= 15 is 0 Å². The molecule has 32 heavy (non-hydrogen) atoms. The number of nitrogens with one attached hydrogen (secondary N) is 3. The van der Waals surface area contributed by atoms with Gasteiger partial charge < -0.3 is 25.6 Å². The number of nitrogens with zero attached hydrogens (tertiary/aromatic N) is 2. The van der Waals surface area contributed by atoms with Crippen LogP contribution in [0, 0.1) is 18.7 Å². The van der Waals surface area contributed by atoms with Crippen LogP contribution in [-0.2, 0) is 4.74 Å². The molecule has 7 nitrogen and oxygen atoms in total. The van der Waals surface area contributed by atoms with Gasteiger partial charge in [0.15, 0.2) is 0 Å². The lowest BCUT2D eigenvalue weighted by molar-refractivity contribution is 0.0184. The number of amidine groups is 1. The van der Waals surface area contributed by atoms with Gasteiger partial charge >= 0.3 is 6.09 Å². The van der Waals surface area contributed by atoms with E-state index in [0.29, 0.717) is 37.8 Å². The smallest absolute Gasteiger partial charge is 0.410 e. The number of anilines is 1. The molecule has 0 aliphatic carbocycles. The first kappa shape index (κ1) is 23.9. The molecule has 1 fully saturated rings. The fraction of sp³-hybridized carbons (Fsp3) is 0.583. The van der Waals surface area contributed by atoms with Gasteiger partial charge in [-0.3, -0.25) is 4.99 Å². The highest BCUT2D eigenvalue weighted by Gasteiger charge is 2.27. The van der Waals surface area contributed by atoms with Gasteiger partial charge in [-0.2, -0.15) is 0 Å². The number of carbonyl (C=O) groups excluding carboxylic acids is 1. The number of hydrogen-bond donors (Lipinski definition) is 3. The number of amides is 1. The number of piperidine rings is 1. The molecule has 1 aromatic carbocycles. The summed E-state index contributed by atoms with van der Waals surface area (Å²) in [5.74, 6) is 2.01. The van der Waals surface area contributed by atoms with Gasteiger partial charge in [-0.15, -0.1) is 0 Å². The molecule has 2 heterocycles. The molecule has 8 heteroatoms. The summed E-state index contributed by atoms with van der Waals surface area (Å²) in [5, 5.41) is 10.1. The lowest BCUT2D eigenvalue weighted by Gasteiger charge is -2.34. The average molecular weight is 446 g/mol. The molecule has 0 radical (unpaired) electrons. The van der Waals surface area contributed by atoms with Crippen molar-refractivity contribution in [2.75, 3.05) is 38.0 Å². The molecule has 2 aliphatic heterocycles. The third-order valence-corrected chi connectivity index (χ3v) is 5.70. The summed E-state index contributed by atoms with van der Waals surface area (Å²) in [6.07, 6.45) is 1.62. The first-order valence-electron chi connectivity index (χ1n) is 11.3. The number of para-hydroxylation sites is 1. The minimum Gasteiger partial charge on any atom is -0.444 e. The van der Waals surface area contributed by atoms with Gasteiger partial charge in [0.2, 0.25) is 0 Å². The van der Waals surface area contributed by atoms with Gasteiger partial charge in [0.25, 0.3) is 0 Å². The van der Waals surface area contributed by atoms with E-state index < -0.39 is 5.60 Å². The number of likely N-dealkylation sites (tertiary alicyclic amines) is 1. The Morgan fingerprint density at radius 2 is 1.97 bits per heavy atom. The van der Waals surface area contributed by atoms with Crippen LogP contribution in [0.25, 0.3) is 0 Å². The topological polar surface area (TPSA) is 78.0 Å². The summed E-state index contributed by atoms with van der Waals surface area (Å²) in [6, 6.07) is 5.07. The van der Waals surface area contributed by atoms with Crippen LogP contribution in [0.2, 0.25) is 0 Å². The normalized spacial score (nSPS) is 17.6. The third kappa shape index (κ3) is 6.61. The summed E-state index contributed by atoms with van der Waals surface area (Å²) < 4.78 is 19.6. The SMILES string of the molecule is CC1=NCC(CNc2c(C)cccc2F)=C(NCC2CCN(C(=O)OC(C)(C)C)CC2)N1. The first-order valence-corrected chi connectivity index (χ1v) is 11.3. The zero-order valence-corrected chi connectivity index (χ0v) is 19.8. The quantitative estimate of drug-likeness (QED) is 0.617. The predicted octanol–water partition coefficient (Wildman–Crippen LogP) is 4.02. The number of aryl methyl sites for hydroxylation is 1. The standard InChI is InChI=1S/C24H36FN5O2/c1-16-7-6-8-20(25)21(16)27-15-19-14-26-17(2)29-22(19)28-13-18-9-11-30(12-10-18)23(31)32-24(3,4)5/h6-8,18,27-28H,9-15H2,1-5H3,(H,26,29). The molecule has 176 valence electrons. The number of rotatable bonds is 6. The number of halogens is 1. The van der Waals surface area contributed by atoms with E-state index in [1.54, 1.807) is 11.0 Å². The maximum absolute atomic E-state index is 14.2. The van der Waals surface area contributed by atoms with Crippen LogP contribution >= 0.6 is 0 Å². The highest BCUT2D eigenvalue weighted by atomic mass is 19.1. The molecule has 0 unspecified atom stereocenters. The predicted molar refractivity (Wildman–Crippen MR) is 126 cm³/mol. The minimum absolute atomic E-state index is 0.232. The third-order valence-electron chi connectivity index (χ3n) is 5.70. The molecule has 1 saturated heterocycles. The van der Waals surface area contributed by atoms with Crippen LogP contribution in [-0.4, -0.2) is 55.2 Å². The average Bonchev–Trinajstić information content (AvgIpc) is 2.72. The van der Waals surface area contributed by atoms with E-state index in [1.807, 2.05) is 40.7 Å². The molecule has 0 saturated carbocycles. The van der Waals surface area contributed by atoms with E-state index in [4.69, 9.17) is 4.74 Å². The Bertz CT molecular complexity index is 863. The van der Waals surface area contributed by atoms with E-state index in [0.717, 1.165) is 42.2 Å². The zero-order chi connectivity index (χ0) is 23.3. The minimum atomic E-state index is -0.473. The Kier molecular flexibility index (Phi) is 7.64. The molecule has 1 amide bonds. The summed E-state index contributed by atoms with van der Waals surface area (Å²) in [6.45, 7) is 12.8. The second-order valence-corrected chi connectivity index (χ2v) is 9.58. The summed E-state index contributed by atoms with van der Waals surface area (Å²) in [4.78, 5) is 18.5. The highest BCUT2D eigenvalue weighted by molar-refractivity contribution is 5.82. The number of aliphatic imine (C=N–C) groups is 1. The van der Waals surface area contributed by atoms with Crippen LogP contribution in [0.5, 0.6) is 0 Å². The van der Waals surface area contributed by atoms with E-state index in [2.05, 4.69) is 20.9 Å². The van der Waals surface area contributed by atoms with Crippen molar-refractivity contribution in [3.05, 3.63) is 41.0 Å². The monoisotopic (exact) mass is 445 g/mol. The lowest BCUT2D eigenvalue weighted by Crippen LogP contribution is -2.44. The molecule has 0 spiro atoms. The van der Waals surface area contributed by atoms with Crippen LogP contribution in [0.1, 0.15) is 46.1 Å². The van der Waals surface area contributed by atoms with Crippen LogP contribution in [0.4, 0.5) is 14.9 Å².